The van der Waals surface area contributed by atoms with E-state index < -0.39 is 18.4 Å². The Morgan fingerprint density at radius 3 is 2.44 bits per heavy atom. The maximum absolute atomic E-state index is 15.5. The first-order valence-corrected chi connectivity index (χ1v) is 25.1. The lowest BCUT2D eigenvalue weighted by Gasteiger charge is -2.40. The van der Waals surface area contributed by atoms with Crippen LogP contribution in [0.15, 0.2) is 55.0 Å². The summed E-state index contributed by atoms with van der Waals surface area (Å²) in [7, 11) is 3.43. The first-order valence-electron chi connectivity index (χ1n) is 25.1. The van der Waals surface area contributed by atoms with Gasteiger partial charge in [-0.05, 0) is 73.4 Å². The summed E-state index contributed by atoms with van der Waals surface area (Å²) in [5, 5.41) is 7.52. The van der Waals surface area contributed by atoms with Crippen LogP contribution in [-0.2, 0) is 38.6 Å². The molecule has 0 spiro atoms. The number of anilines is 4. The lowest BCUT2D eigenvalue weighted by Crippen LogP contribution is -2.52. The second-order valence-electron chi connectivity index (χ2n) is 19.9. The number of hydrogen-bond donors (Lipinski definition) is 1. The zero-order valence-electron chi connectivity index (χ0n) is 40.6. The average molecular weight is 974 g/mol. The monoisotopic (exact) mass is 973 g/mol. The molecule has 19 heteroatoms. The van der Waals surface area contributed by atoms with E-state index in [1.807, 2.05) is 57.9 Å². The number of nitrogens with zero attached hydrogens (tertiary/aromatic N) is 10. The number of pyridine rings is 1. The number of ether oxygens (including phenoxy) is 2. The maximum Gasteiger partial charge on any atom is 0.264 e. The number of piperidine rings is 2. The fourth-order valence-corrected chi connectivity index (χ4v) is 11.8. The van der Waals surface area contributed by atoms with Crippen molar-refractivity contribution in [1.29, 1.82) is 0 Å². The fraction of sp³-hybridized carbons (Fsp3) is 0.500. The van der Waals surface area contributed by atoms with Gasteiger partial charge in [0.25, 0.3) is 12.3 Å². The zero-order chi connectivity index (χ0) is 49.1. The van der Waals surface area contributed by atoms with Gasteiger partial charge in [-0.15, -0.1) is 0 Å². The van der Waals surface area contributed by atoms with E-state index in [1.54, 1.807) is 31.2 Å². The van der Waals surface area contributed by atoms with Crippen molar-refractivity contribution >= 4 is 52.2 Å². The summed E-state index contributed by atoms with van der Waals surface area (Å²) in [5.74, 6) is 0.663. The third kappa shape index (κ3) is 8.84. The van der Waals surface area contributed by atoms with Gasteiger partial charge in [0.2, 0.25) is 17.7 Å². The predicted octanol–water partition coefficient (Wildman–Crippen LogP) is 5.97. The predicted molar refractivity (Wildman–Crippen MR) is 262 cm³/mol. The third-order valence-electron chi connectivity index (χ3n) is 15.8. The first-order chi connectivity index (χ1) is 34.4. The molecule has 6 aliphatic heterocycles. The van der Waals surface area contributed by atoms with E-state index in [-0.39, 0.29) is 35.7 Å². The molecule has 1 N–H and O–H groups in total. The van der Waals surface area contributed by atoms with Gasteiger partial charge in [-0.1, -0.05) is 6.07 Å². The molecule has 2 aromatic carbocycles. The number of benzene rings is 2. The summed E-state index contributed by atoms with van der Waals surface area (Å²) in [6.07, 6.45) is 7.75. The van der Waals surface area contributed by atoms with E-state index >= 15 is 8.78 Å². The SMILES string of the molecule is COc1cc(N2CCC(CN3CCN(c4cn5ccnc5cc4-c4ccc(N(C)c5nn(C6CCOCC6)c6c5CN(C(C)=O)CC6)cc4C(F)F)CC3)CC2)cc2c1C(=O)N(C1CCC(=O)NC1=O)C2. The quantitative estimate of drug-likeness (QED) is 0.155. The Balaban J connectivity index is 0.773. The standard InChI is InChI=1S/C52H61F2N11O6/c1-32(66)62-16-10-42-41(30-62)50(57-65(42)35-11-22-71-23-12-35)58(2)36-4-5-38(40(25-36)49(53)54)39-27-46-55-13-17-63(46)31-44(39)61-20-18-59(19-21-61)28-33-8-14-60(15-9-33)37-24-34-29-64(43-6-7-47(67)56-51(43)68)52(69)48(34)45(26-37)70-3/h4-5,13,17,24-27,31,33,35,43,49H,6-12,14-16,18-23,28-30H2,1-3H3,(H,56,67,68). The smallest absolute Gasteiger partial charge is 0.264 e. The van der Waals surface area contributed by atoms with Crippen LogP contribution in [0, 0.1) is 5.92 Å². The van der Waals surface area contributed by atoms with E-state index in [0.717, 1.165) is 99.7 Å². The van der Waals surface area contributed by atoms with Gasteiger partial charge in [-0.3, -0.25) is 34.1 Å². The Morgan fingerprint density at radius 2 is 1.70 bits per heavy atom. The highest BCUT2D eigenvalue weighted by molar-refractivity contribution is 6.07. The number of nitrogens with one attached hydrogen (secondary N) is 1. The van der Waals surface area contributed by atoms with Gasteiger partial charge in [0.1, 0.15) is 17.4 Å². The minimum Gasteiger partial charge on any atom is -0.496 e. The summed E-state index contributed by atoms with van der Waals surface area (Å²) in [4.78, 5) is 67.6. The van der Waals surface area contributed by atoms with E-state index in [4.69, 9.17) is 14.6 Å². The van der Waals surface area contributed by atoms with Crippen molar-refractivity contribution in [2.75, 3.05) is 94.4 Å². The molecule has 9 heterocycles. The van der Waals surface area contributed by atoms with Crippen molar-refractivity contribution < 1.29 is 37.4 Å². The Kier molecular flexibility index (Phi) is 12.6. The molecule has 0 aliphatic carbocycles. The summed E-state index contributed by atoms with van der Waals surface area (Å²) < 4.78 is 46.4. The maximum atomic E-state index is 15.5. The highest BCUT2D eigenvalue weighted by Crippen LogP contribution is 2.43. The topological polar surface area (TPSA) is 153 Å². The summed E-state index contributed by atoms with van der Waals surface area (Å²) in [6, 6.07) is 10.7. The fourth-order valence-electron chi connectivity index (χ4n) is 11.8. The summed E-state index contributed by atoms with van der Waals surface area (Å²) in [6.45, 7) is 10.0. The van der Waals surface area contributed by atoms with Gasteiger partial charge in [0.05, 0.1) is 30.9 Å². The molecule has 0 bridgehead atoms. The zero-order valence-corrected chi connectivity index (χ0v) is 40.6. The van der Waals surface area contributed by atoms with Crippen molar-refractivity contribution in [1.82, 2.24) is 39.2 Å². The number of methoxy groups -OCH3 is 1. The molecular formula is C52H61F2N11O6. The van der Waals surface area contributed by atoms with Gasteiger partial charge >= 0.3 is 0 Å². The molecule has 1 unspecified atom stereocenters. The molecule has 17 nitrogen and oxygen atoms in total. The van der Waals surface area contributed by atoms with Crippen molar-refractivity contribution in [3.05, 3.63) is 82.9 Å². The van der Waals surface area contributed by atoms with Crippen LogP contribution in [0.25, 0.3) is 16.8 Å². The minimum atomic E-state index is -2.75. The van der Waals surface area contributed by atoms with Gasteiger partial charge in [0, 0.05) is 157 Å². The van der Waals surface area contributed by atoms with Gasteiger partial charge < -0.3 is 38.4 Å². The van der Waals surface area contributed by atoms with Crippen LogP contribution in [-0.4, -0.2) is 143 Å². The third-order valence-corrected chi connectivity index (χ3v) is 15.8. The number of hydrogen-bond acceptors (Lipinski definition) is 12. The van der Waals surface area contributed by atoms with Gasteiger partial charge in [-0.2, -0.15) is 5.10 Å². The molecule has 11 rings (SSSR count). The number of aromatic nitrogens is 4. The molecule has 0 radical (unpaired) electrons. The lowest BCUT2D eigenvalue weighted by atomic mass is 9.95. The molecule has 4 fully saturated rings. The molecule has 4 amide bonds. The summed E-state index contributed by atoms with van der Waals surface area (Å²) in [5.41, 5.74) is 7.61. The number of alkyl halides is 2. The number of amides is 4. The Labute approximate surface area is 411 Å². The number of piperazine rings is 1. The number of halogens is 2. The number of carbonyl (C=O) groups excluding carboxylic acids is 4. The van der Waals surface area contributed by atoms with Crippen LogP contribution >= 0.6 is 0 Å². The number of rotatable bonds is 11. The van der Waals surface area contributed by atoms with Crippen molar-refractivity contribution in [2.45, 2.75) is 83.5 Å². The molecule has 1 atom stereocenters. The number of fused-ring (bicyclic) bond motifs is 3. The first kappa shape index (κ1) is 46.8. The van der Waals surface area contributed by atoms with Gasteiger partial charge in [-0.25, -0.2) is 13.8 Å². The Bertz CT molecular complexity index is 2880. The molecule has 5 aromatic rings. The van der Waals surface area contributed by atoms with Crippen LogP contribution < -0.4 is 24.8 Å². The highest BCUT2D eigenvalue weighted by Gasteiger charge is 2.41. The van der Waals surface area contributed by atoms with E-state index in [9.17, 15) is 19.2 Å². The molecule has 4 saturated heterocycles. The Hall–Kier alpha value is -6.60. The molecule has 3 aromatic heterocycles. The minimum absolute atomic E-state index is 0.00381. The van der Waals surface area contributed by atoms with Crippen molar-refractivity contribution in [3.8, 4) is 16.9 Å². The van der Waals surface area contributed by atoms with Crippen LogP contribution in [0.2, 0.25) is 0 Å². The van der Waals surface area contributed by atoms with E-state index in [0.29, 0.717) is 91.2 Å². The molecule has 71 heavy (non-hydrogen) atoms. The molecule has 6 aliphatic rings. The molecular weight excluding hydrogens is 913 g/mol. The van der Waals surface area contributed by atoms with Crippen LogP contribution in [0.4, 0.5) is 31.7 Å². The van der Waals surface area contributed by atoms with Gasteiger partial charge in [0.15, 0.2) is 5.82 Å². The summed E-state index contributed by atoms with van der Waals surface area (Å²) >= 11 is 0. The number of imidazole rings is 1. The second-order valence-corrected chi connectivity index (χ2v) is 19.9. The van der Waals surface area contributed by atoms with Crippen LogP contribution in [0.3, 0.4) is 0 Å². The number of imide groups is 1. The average Bonchev–Trinajstić information content (AvgIpc) is 4.11. The molecule has 374 valence electrons. The lowest BCUT2D eigenvalue weighted by molar-refractivity contribution is -0.137. The van der Waals surface area contributed by atoms with Crippen molar-refractivity contribution in [3.63, 3.8) is 0 Å². The van der Waals surface area contributed by atoms with Crippen LogP contribution in [0.1, 0.15) is 90.7 Å². The largest absolute Gasteiger partial charge is 0.496 e. The van der Waals surface area contributed by atoms with E-state index in [1.165, 1.54) is 0 Å². The highest BCUT2D eigenvalue weighted by atomic mass is 19.3. The second kappa shape index (κ2) is 19.2. The normalized spacial score (nSPS) is 20.5. The Morgan fingerprint density at radius 1 is 0.915 bits per heavy atom. The van der Waals surface area contributed by atoms with Crippen LogP contribution in [0.5, 0.6) is 5.75 Å². The molecule has 0 saturated carbocycles. The number of carbonyl (C=O) groups is 4. The van der Waals surface area contributed by atoms with E-state index in [2.05, 4.69) is 35.7 Å². The van der Waals surface area contributed by atoms with Crippen molar-refractivity contribution in [2.24, 2.45) is 5.92 Å².